The van der Waals surface area contributed by atoms with Crippen LogP contribution in [0.1, 0.15) is 25.3 Å². The van der Waals surface area contributed by atoms with E-state index in [1.165, 1.54) is 6.33 Å². The summed E-state index contributed by atoms with van der Waals surface area (Å²) in [6.45, 7) is 2.59. The van der Waals surface area contributed by atoms with Gasteiger partial charge in [0.1, 0.15) is 18.4 Å². The molecular formula is C28H31F2N7O2. The Hall–Kier alpha value is -4.67. The number of hydrogen-bond acceptors (Lipinski definition) is 8. The van der Waals surface area contributed by atoms with Gasteiger partial charge in [0.2, 0.25) is 0 Å². The molecule has 4 rings (SSSR count). The summed E-state index contributed by atoms with van der Waals surface area (Å²) in [5.41, 5.74) is 14.5. The largest absolute Gasteiger partial charge is 0.404 e. The number of halogens is 2. The Labute approximate surface area is 225 Å². The maximum absolute atomic E-state index is 13.5. The second-order valence-electron chi connectivity index (χ2n) is 9.07. The van der Waals surface area contributed by atoms with Crippen LogP contribution in [0.4, 0.5) is 20.3 Å². The van der Waals surface area contributed by atoms with Gasteiger partial charge < -0.3 is 26.9 Å². The van der Waals surface area contributed by atoms with Gasteiger partial charge in [0.15, 0.2) is 0 Å². The highest BCUT2D eigenvalue weighted by Gasteiger charge is 2.26. The number of carbonyl (C=O) groups excluding carboxylic acids is 2. The number of aromatic nitrogens is 3. The second kappa shape index (κ2) is 12.7. The van der Waals surface area contributed by atoms with Crippen LogP contribution >= 0.6 is 0 Å². The lowest BCUT2D eigenvalue weighted by molar-refractivity contribution is -0.113. The number of nitrogens with one attached hydrogen (secondary N) is 2. The Bertz CT molecular complexity index is 1400. The molecule has 3 aromatic rings. The standard InChI is InChI=1S/C24H25F2N7O.C4H6O/c1-14-4-5-18(33-23(34)20(28)7-17(10-27)24(2,25)26)8-19(14)15-6-16(12-30-11-15)21-9-22(29-3)32-13-31-21;5-3-4-1-2-4/h4-13H,27-28H2,1-3H3,(H,33,34)(H,29,31,32);3-4H,1-2H2/b17-10+,20-7-;. The van der Waals surface area contributed by atoms with Crippen molar-refractivity contribution in [2.45, 2.75) is 32.6 Å². The van der Waals surface area contributed by atoms with E-state index in [9.17, 15) is 18.4 Å². The van der Waals surface area contributed by atoms with Crippen LogP contribution in [0.2, 0.25) is 0 Å². The molecule has 1 fully saturated rings. The van der Waals surface area contributed by atoms with Gasteiger partial charge in [-0.15, -0.1) is 0 Å². The molecule has 2 aromatic heterocycles. The minimum atomic E-state index is -3.23. The Kier molecular flexibility index (Phi) is 9.43. The Morgan fingerprint density at radius 3 is 2.44 bits per heavy atom. The van der Waals surface area contributed by atoms with E-state index in [2.05, 4.69) is 25.6 Å². The van der Waals surface area contributed by atoms with Crippen molar-refractivity contribution in [3.63, 3.8) is 0 Å². The molecule has 0 spiro atoms. The highest BCUT2D eigenvalue weighted by Crippen LogP contribution is 2.30. The number of benzene rings is 1. The normalized spacial score (nSPS) is 13.7. The molecule has 39 heavy (non-hydrogen) atoms. The van der Waals surface area contributed by atoms with E-state index >= 15 is 0 Å². The van der Waals surface area contributed by atoms with Gasteiger partial charge in [-0.2, -0.15) is 0 Å². The zero-order chi connectivity index (χ0) is 28.6. The maximum atomic E-state index is 13.5. The third kappa shape index (κ3) is 8.16. The zero-order valence-corrected chi connectivity index (χ0v) is 21.9. The molecule has 0 radical (unpaired) electrons. The average molecular weight is 536 g/mol. The summed E-state index contributed by atoms with van der Waals surface area (Å²) in [7, 11) is 1.77. The van der Waals surface area contributed by atoms with E-state index in [-0.39, 0.29) is 0 Å². The number of allylic oxidation sites excluding steroid dienone is 2. The third-order valence-corrected chi connectivity index (χ3v) is 5.84. The first-order valence-corrected chi connectivity index (χ1v) is 12.2. The topological polar surface area (TPSA) is 149 Å². The molecule has 1 saturated carbocycles. The summed E-state index contributed by atoms with van der Waals surface area (Å²) in [6, 6.07) is 9.02. The van der Waals surface area contributed by atoms with Gasteiger partial charge in [0, 0.05) is 66.9 Å². The Morgan fingerprint density at radius 2 is 1.85 bits per heavy atom. The molecule has 9 nitrogen and oxygen atoms in total. The number of amides is 1. The molecular weight excluding hydrogens is 504 g/mol. The number of pyridine rings is 1. The summed E-state index contributed by atoms with van der Waals surface area (Å²) < 4.78 is 27.0. The number of alkyl halides is 2. The fraction of sp³-hybridized carbons (Fsp3) is 0.250. The summed E-state index contributed by atoms with van der Waals surface area (Å²) >= 11 is 0. The highest BCUT2D eigenvalue weighted by atomic mass is 19.3. The molecule has 0 bridgehead atoms. The molecule has 1 aromatic carbocycles. The van der Waals surface area contributed by atoms with Crippen molar-refractivity contribution in [3.8, 4) is 22.4 Å². The molecule has 0 saturated heterocycles. The number of hydrogen-bond donors (Lipinski definition) is 4. The summed E-state index contributed by atoms with van der Waals surface area (Å²) in [6.07, 6.45) is 9.76. The lowest BCUT2D eigenvalue weighted by atomic mass is 9.99. The molecule has 1 aliphatic carbocycles. The first kappa shape index (κ1) is 28.9. The van der Waals surface area contributed by atoms with Gasteiger partial charge in [-0.1, -0.05) is 6.07 Å². The van der Waals surface area contributed by atoms with E-state index in [1.807, 2.05) is 25.1 Å². The van der Waals surface area contributed by atoms with Crippen molar-refractivity contribution in [2.75, 3.05) is 17.7 Å². The second-order valence-corrected chi connectivity index (χ2v) is 9.07. The van der Waals surface area contributed by atoms with Gasteiger partial charge in [0.05, 0.1) is 11.4 Å². The van der Waals surface area contributed by atoms with Crippen molar-refractivity contribution < 1.29 is 18.4 Å². The number of nitrogens with two attached hydrogens (primary N) is 2. The molecule has 0 atom stereocenters. The van der Waals surface area contributed by atoms with Crippen LogP contribution in [-0.2, 0) is 9.59 Å². The van der Waals surface area contributed by atoms with Crippen molar-refractivity contribution in [2.24, 2.45) is 17.4 Å². The van der Waals surface area contributed by atoms with E-state index in [1.54, 1.807) is 31.6 Å². The lowest BCUT2D eigenvalue weighted by Gasteiger charge is -2.13. The van der Waals surface area contributed by atoms with E-state index in [0.717, 1.165) is 53.7 Å². The van der Waals surface area contributed by atoms with E-state index in [0.29, 0.717) is 30.0 Å². The molecule has 0 aliphatic heterocycles. The smallest absolute Gasteiger partial charge is 0.271 e. The summed E-state index contributed by atoms with van der Waals surface area (Å²) in [5.74, 6) is -2.83. The van der Waals surface area contributed by atoms with Crippen LogP contribution in [0.25, 0.3) is 22.4 Å². The predicted octanol–water partition coefficient (Wildman–Crippen LogP) is 4.43. The number of nitrogens with zero attached hydrogens (tertiary/aromatic N) is 3. The molecule has 1 aliphatic rings. The van der Waals surface area contributed by atoms with Crippen LogP contribution in [-0.4, -0.2) is 40.1 Å². The number of rotatable bonds is 8. The SMILES string of the molecule is CNc1cc(-c2cncc(-c3cc(NC(=O)/C(N)=C/C(=C\N)C(C)(F)F)ccc3C)c2)ncn1.O=CC1CC1. The Morgan fingerprint density at radius 1 is 1.13 bits per heavy atom. The Balaban J connectivity index is 0.000000753. The highest BCUT2D eigenvalue weighted by molar-refractivity contribution is 6.03. The van der Waals surface area contributed by atoms with Crippen molar-refractivity contribution >= 4 is 23.7 Å². The molecule has 204 valence electrons. The first-order valence-electron chi connectivity index (χ1n) is 12.2. The van der Waals surface area contributed by atoms with Crippen LogP contribution in [0.15, 0.2) is 72.6 Å². The fourth-order valence-corrected chi connectivity index (χ4v) is 3.38. The summed E-state index contributed by atoms with van der Waals surface area (Å²) in [4.78, 5) is 34.8. The van der Waals surface area contributed by atoms with Gasteiger partial charge in [-0.05, 0) is 55.2 Å². The van der Waals surface area contributed by atoms with Gasteiger partial charge in [0.25, 0.3) is 11.8 Å². The number of aryl methyl sites for hydroxylation is 1. The molecule has 0 unspecified atom stereocenters. The number of carbonyl (C=O) groups is 2. The van der Waals surface area contributed by atoms with Crippen LogP contribution in [0, 0.1) is 12.8 Å². The van der Waals surface area contributed by atoms with Crippen LogP contribution in [0.5, 0.6) is 0 Å². The third-order valence-electron chi connectivity index (χ3n) is 5.84. The lowest BCUT2D eigenvalue weighted by Crippen LogP contribution is -2.22. The van der Waals surface area contributed by atoms with Crippen molar-refractivity contribution in [1.82, 2.24) is 15.0 Å². The van der Waals surface area contributed by atoms with Crippen LogP contribution < -0.4 is 22.1 Å². The number of aldehydes is 1. The molecule has 6 N–H and O–H groups in total. The molecule has 1 amide bonds. The maximum Gasteiger partial charge on any atom is 0.271 e. The van der Waals surface area contributed by atoms with E-state index < -0.39 is 23.1 Å². The molecule has 2 heterocycles. The minimum Gasteiger partial charge on any atom is -0.404 e. The van der Waals surface area contributed by atoms with Crippen LogP contribution in [0.3, 0.4) is 0 Å². The zero-order valence-electron chi connectivity index (χ0n) is 21.9. The quantitative estimate of drug-likeness (QED) is 0.188. The van der Waals surface area contributed by atoms with Crippen molar-refractivity contribution in [3.05, 3.63) is 78.2 Å². The van der Waals surface area contributed by atoms with Crippen molar-refractivity contribution in [1.29, 1.82) is 0 Å². The fourth-order valence-electron chi connectivity index (χ4n) is 3.38. The minimum absolute atomic E-state index is 0.395. The van der Waals surface area contributed by atoms with Gasteiger partial charge in [-0.3, -0.25) is 9.78 Å². The van der Waals surface area contributed by atoms with E-state index in [4.69, 9.17) is 11.5 Å². The average Bonchev–Trinajstić information content (AvgIpc) is 3.77. The number of anilines is 2. The van der Waals surface area contributed by atoms with Gasteiger partial charge in [-0.25, -0.2) is 18.7 Å². The monoisotopic (exact) mass is 535 g/mol. The van der Waals surface area contributed by atoms with Gasteiger partial charge >= 0.3 is 0 Å². The molecule has 11 heteroatoms. The first-order chi connectivity index (χ1) is 18.5. The summed E-state index contributed by atoms with van der Waals surface area (Å²) in [5, 5.41) is 5.60. The predicted molar refractivity (Wildman–Crippen MR) is 148 cm³/mol.